The Morgan fingerprint density at radius 2 is 1.88 bits per heavy atom. The molecule has 2 aromatic carbocycles. The lowest BCUT2D eigenvalue weighted by atomic mass is 10.2. The van der Waals surface area contributed by atoms with E-state index in [2.05, 4.69) is 4.72 Å². The lowest BCUT2D eigenvalue weighted by Gasteiger charge is -2.16. The molecule has 0 saturated heterocycles. The van der Waals surface area contributed by atoms with Gasteiger partial charge in [-0.2, -0.15) is 5.26 Å². The van der Waals surface area contributed by atoms with Crippen LogP contribution in [0.4, 0.5) is 5.69 Å². The predicted octanol–water partition coefficient (Wildman–Crippen LogP) is 2.47. The van der Waals surface area contributed by atoms with Crippen LogP contribution in [0.3, 0.4) is 0 Å². The average Bonchev–Trinajstić information content (AvgIpc) is 2.59. The maximum absolute atomic E-state index is 12.3. The minimum Gasteiger partial charge on any atom is -0.341 e. The highest BCUT2D eigenvalue weighted by Crippen LogP contribution is 2.17. The third kappa shape index (κ3) is 4.33. The van der Waals surface area contributed by atoms with Gasteiger partial charge in [0.15, 0.2) is 0 Å². The van der Waals surface area contributed by atoms with E-state index in [-0.39, 0.29) is 17.2 Å². The molecule has 0 aliphatic carbocycles. The van der Waals surface area contributed by atoms with Gasteiger partial charge in [-0.05, 0) is 30.3 Å². The van der Waals surface area contributed by atoms with E-state index in [9.17, 15) is 13.2 Å². The van der Waals surface area contributed by atoms with E-state index >= 15 is 0 Å². The van der Waals surface area contributed by atoms with Crippen molar-refractivity contribution < 1.29 is 13.2 Å². The average molecular weight is 343 g/mol. The molecule has 0 fully saturated rings. The first-order valence-electron chi connectivity index (χ1n) is 7.24. The fourth-order valence-electron chi connectivity index (χ4n) is 2.07. The van der Waals surface area contributed by atoms with Gasteiger partial charge in [0.25, 0.3) is 15.9 Å². The van der Waals surface area contributed by atoms with Gasteiger partial charge in [0.05, 0.1) is 17.4 Å². The van der Waals surface area contributed by atoms with Crippen molar-refractivity contribution in [2.45, 2.75) is 11.3 Å². The molecule has 0 saturated carbocycles. The number of carbonyl (C=O) groups excluding carboxylic acids is 1. The Morgan fingerprint density at radius 3 is 2.54 bits per heavy atom. The van der Waals surface area contributed by atoms with Crippen LogP contribution in [0.1, 0.15) is 16.8 Å². The normalized spacial score (nSPS) is 10.7. The molecule has 0 aromatic heterocycles. The monoisotopic (exact) mass is 343 g/mol. The van der Waals surface area contributed by atoms with Gasteiger partial charge in [-0.15, -0.1) is 0 Å². The zero-order chi connectivity index (χ0) is 17.6. The predicted molar refractivity (Wildman–Crippen MR) is 90.9 cm³/mol. The molecule has 0 radical (unpaired) electrons. The molecule has 0 atom stereocenters. The number of nitrogens with one attached hydrogen (secondary N) is 1. The molecule has 0 bridgehead atoms. The second-order valence-electron chi connectivity index (χ2n) is 5.13. The Kier molecular flexibility index (Phi) is 5.55. The number of nitriles is 1. The first-order chi connectivity index (χ1) is 11.4. The van der Waals surface area contributed by atoms with Crippen LogP contribution in [0.25, 0.3) is 0 Å². The fraction of sp³-hybridized carbons (Fsp3) is 0.176. The smallest absolute Gasteiger partial charge is 0.261 e. The molecule has 0 unspecified atom stereocenters. The quantitative estimate of drug-likeness (QED) is 0.872. The minimum absolute atomic E-state index is 0.146. The van der Waals surface area contributed by atoms with Crippen molar-refractivity contribution in [1.82, 2.24) is 4.90 Å². The van der Waals surface area contributed by atoms with E-state index in [0.717, 1.165) is 0 Å². The van der Waals surface area contributed by atoms with Crippen molar-refractivity contribution in [2.24, 2.45) is 0 Å². The third-order valence-electron chi connectivity index (χ3n) is 3.32. The van der Waals surface area contributed by atoms with E-state index in [4.69, 9.17) is 5.26 Å². The van der Waals surface area contributed by atoms with Gasteiger partial charge in [0.1, 0.15) is 0 Å². The topological polar surface area (TPSA) is 90.3 Å². The summed E-state index contributed by atoms with van der Waals surface area (Å²) in [6.07, 6.45) is 0.239. The van der Waals surface area contributed by atoms with Crippen LogP contribution in [-0.2, 0) is 10.0 Å². The maximum Gasteiger partial charge on any atom is 0.261 e. The molecular formula is C17H17N3O3S. The largest absolute Gasteiger partial charge is 0.341 e. The van der Waals surface area contributed by atoms with Crippen LogP contribution in [0, 0.1) is 11.3 Å². The van der Waals surface area contributed by atoms with Crippen LogP contribution in [0.2, 0.25) is 0 Å². The summed E-state index contributed by atoms with van der Waals surface area (Å²) in [7, 11) is -2.11. The van der Waals surface area contributed by atoms with E-state index in [1.54, 1.807) is 43.4 Å². The lowest BCUT2D eigenvalue weighted by Crippen LogP contribution is -2.27. The Morgan fingerprint density at radius 1 is 1.17 bits per heavy atom. The summed E-state index contributed by atoms with van der Waals surface area (Å²) in [4.78, 5) is 13.8. The second-order valence-corrected chi connectivity index (χ2v) is 6.82. The third-order valence-corrected chi connectivity index (χ3v) is 4.72. The molecule has 0 aliphatic rings. The van der Waals surface area contributed by atoms with Crippen molar-refractivity contribution in [1.29, 1.82) is 5.26 Å². The summed E-state index contributed by atoms with van der Waals surface area (Å²) in [6, 6.07) is 16.2. The Hall–Kier alpha value is -2.85. The van der Waals surface area contributed by atoms with Crippen molar-refractivity contribution in [3.8, 4) is 6.07 Å². The summed E-state index contributed by atoms with van der Waals surface area (Å²) in [5.74, 6) is -0.272. The van der Waals surface area contributed by atoms with Gasteiger partial charge in [-0.3, -0.25) is 9.52 Å². The fourth-order valence-corrected chi connectivity index (χ4v) is 3.14. The van der Waals surface area contributed by atoms with Gasteiger partial charge in [-0.25, -0.2) is 8.42 Å². The van der Waals surface area contributed by atoms with Crippen LogP contribution < -0.4 is 4.72 Å². The molecule has 7 heteroatoms. The van der Waals surface area contributed by atoms with E-state index in [1.807, 2.05) is 6.07 Å². The maximum atomic E-state index is 12.3. The summed E-state index contributed by atoms with van der Waals surface area (Å²) in [5, 5.41) is 8.58. The highest BCUT2D eigenvalue weighted by atomic mass is 32.2. The van der Waals surface area contributed by atoms with Crippen molar-refractivity contribution >= 4 is 21.6 Å². The second kappa shape index (κ2) is 7.62. The van der Waals surface area contributed by atoms with Crippen molar-refractivity contribution in [3.63, 3.8) is 0 Å². The van der Waals surface area contributed by atoms with Crippen molar-refractivity contribution in [3.05, 3.63) is 60.2 Å². The molecule has 2 rings (SSSR count). The van der Waals surface area contributed by atoms with Crippen LogP contribution in [0.15, 0.2) is 59.5 Å². The Bertz CT molecular complexity index is 858. The standard InChI is InChI=1S/C17H17N3O3S/c1-20(12-6-11-18)17(21)14-7-5-8-15(13-14)19-24(22,23)16-9-3-2-4-10-16/h2-5,7-10,13,19H,6,12H2,1H3. The van der Waals surface area contributed by atoms with Gasteiger partial charge in [-0.1, -0.05) is 24.3 Å². The number of sulfonamides is 1. The number of anilines is 1. The zero-order valence-corrected chi connectivity index (χ0v) is 14.0. The van der Waals surface area contributed by atoms with Crippen LogP contribution >= 0.6 is 0 Å². The molecule has 2 aromatic rings. The van der Waals surface area contributed by atoms with E-state index in [0.29, 0.717) is 17.8 Å². The molecular weight excluding hydrogens is 326 g/mol. The van der Waals surface area contributed by atoms with Gasteiger partial charge >= 0.3 is 0 Å². The van der Waals surface area contributed by atoms with Gasteiger partial charge < -0.3 is 4.90 Å². The number of hydrogen-bond donors (Lipinski definition) is 1. The molecule has 1 N–H and O–H groups in total. The van der Waals surface area contributed by atoms with Gasteiger partial charge in [0, 0.05) is 24.8 Å². The molecule has 1 amide bonds. The first kappa shape index (κ1) is 17.5. The summed E-state index contributed by atoms with van der Waals surface area (Å²) >= 11 is 0. The molecule has 0 spiro atoms. The Balaban J connectivity index is 2.19. The summed E-state index contributed by atoms with van der Waals surface area (Å²) < 4.78 is 27.1. The zero-order valence-electron chi connectivity index (χ0n) is 13.1. The van der Waals surface area contributed by atoms with Crippen molar-refractivity contribution in [2.75, 3.05) is 18.3 Å². The molecule has 6 nitrogen and oxygen atoms in total. The highest BCUT2D eigenvalue weighted by molar-refractivity contribution is 7.92. The Labute approximate surface area is 141 Å². The number of hydrogen-bond acceptors (Lipinski definition) is 4. The van der Waals surface area contributed by atoms with Gasteiger partial charge in [0.2, 0.25) is 0 Å². The van der Waals surface area contributed by atoms with E-state index < -0.39 is 10.0 Å². The van der Waals surface area contributed by atoms with Crippen LogP contribution in [-0.4, -0.2) is 32.8 Å². The number of rotatable bonds is 6. The minimum atomic E-state index is -3.71. The first-order valence-corrected chi connectivity index (χ1v) is 8.73. The van der Waals surface area contributed by atoms with Crippen LogP contribution in [0.5, 0.6) is 0 Å². The van der Waals surface area contributed by atoms with E-state index in [1.165, 1.54) is 23.1 Å². The molecule has 124 valence electrons. The molecule has 0 aliphatic heterocycles. The summed E-state index contributed by atoms with van der Waals surface area (Å²) in [5.41, 5.74) is 0.655. The molecule has 0 heterocycles. The SMILES string of the molecule is CN(CCC#N)C(=O)c1cccc(NS(=O)(=O)c2ccccc2)c1. The molecule has 24 heavy (non-hydrogen) atoms. The number of nitrogens with zero attached hydrogens (tertiary/aromatic N) is 2. The highest BCUT2D eigenvalue weighted by Gasteiger charge is 2.16. The summed E-state index contributed by atoms with van der Waals surface area (Å²) in [6.45, 7) is 0.315. The number of carbonyl (C=O) groups is 1. The number of amides is 1. The number of benzene rings is 2. The lowest BCUT2D eigenvalue weighted by molar-refractivity contribution is 0.0798.